The maximum Gasteiger partial charge on any atom is 0.303 e. The minimum Gasteiger partial charge on any atom is -0.459 e. The minimum absolute atomic E-state index is 0.269. The Balaban J connectivity index is 2.34. The van der Waals surface area contributed by atoms with Gasteiger partial charge in [-0.3, -0.25) is 9.20 Å². The molecule has 74 valence electrons. The van der Waals surface area contributed by atoms with Gasteiger partial charge < -0.3 is 4.74 Å². The number of imidazole rings is 1. The lowest BCUT2D eigenvalue weighted by Crippen LogP contribution is -2.02. The molecule has 0 aliphatic heterocycles. The first-order chi connectivity index (χ1) is 6.68. The Morgan fingerprint density at radius 1 is 1.71 bits per heavy atom. The first-order valence-corrected chi connectivity index (χ1v) is 5.11. The smallest absolute Gasteiger partial charge is 0.303 e. The van der Waals surface area contributed by atoms with Crippen molar-refractivity contribution >= 4 is 22.3 Å². The summed E-state index contributed by atoms with van der Waals surface area (Å²) in [5.74, 6) is -0.269. The quantitative estimate of drug-likeness (QED) is 0.709. The van der Waals surface area contributed by atoms with Gasteiger partial charge in [0.1, 0.15) is 6.61 Å². The number of ether oxygens (including phenoxy) is 1. The van der Waals surface area contributed by atoms with Crippen molar-refractivity contribution in [3.8, 4) is 0 Å². The highest BCUT2D eigenvalue weighted by molar-refractivity contribution is 7.15. The maximum atomic E-state index is 10.7. The number of carbonyl (C=O) groups excluding carboxylic acids is 1. The number of fused-ring (bicyclic) bond motifs is 1. The average Bonchev–Trinajstić information content (AvgIpc) is 2.61. The average molecular weight is 210 g/mol. The standard InChI is InChI=1S/C9H10N2O2S/c1-6-8(5-13-7(2)12)11-3-4-14-9(11)10-6/h3-4H,5H2,1-2H3. The third-order valence-electron chi connectivity index (χ3n) is 1.97. The highest BCUT2D eigenvalue weighted by atomic mass is 32.1. The molecule has 0 amide bonds. The number of hydrogen-bond acceptors (Lipinski definition) is 4. The van der Waals surface area contributed by atoms with Crippen LogP contribution in [0.2, 0.25) is 0 Å². The van der Waals surface area contributed by atoms with E-state index < -0.39 is 0 Å². The lowest BCUT2D eigenvalue weighted by atomic mass is 10.3. The van der Waals surface area contributed by atoms with Crippen molar-refractivity contribution in [2.45, 2.75) is 20.5 Å². The van der Waals surface area contributed by atoms with Crippen LogP contribution in [0.3, 0.4) is 0 Å². The fraction of sp³-hybridized carbons (Fsp3) is 0.333. The predicted molar refractivity (Wildman–Crippen MR) is 53.3 cm³/mol. The molecular weight excluding hydrogens is 200 g/mol. The number of rotatable bonds is 2. The summed E-state index contributed by atoms with van der Waals surface area (Å²) in [5.41, 5.74) is 1.86. The topological polar surface area (TPSA) is 43.6 Å². The summed E-state index contributed by atoms with van der Waals surface area (Å²) in [7, 11) is 0. The van der Waals surface area contributed by atoms with Gasteiger partial charge in [0.15, 0.2) is 4.96 Å². The van der Waals surface area contributed by atoms with Crippen molar-refractivity contribution < 1.29 is 9.53 Å². The summed E-state index contributed by atoms with van der Waals surface area (Å²) in [6.07, 6.45) is 1.93. The van der Waals surface area contributed by atoms with E-state index in [1.54, 1.807) is 11.3 Å². The minimum atomic E-state index is -0.269. The van der Waals surface area contributed by atoms with Gasteiger partial charge in [-0.2, -0.15) is 0 Å². The molecule has 0 atom stereocenters. The zero-order chi connectivity index (χ0) is 10.1. The third kappa shape index (κ3) is 1.50. The van der Waals surface area contributed by atoms with Crippen LogP contribution in [0.25, 0.3) is 4.96 Å². The van der Waals surface area contributed by atoms with Crippen LogP contribution in [-0.2, 0) is 16.1 Å². The predicted octanol–water partition coefficient (Wildman–Crippen LogP) is 1.77. The van der Waals surface area contributed by atoms with Crippen LogP contribution in [0.15, 0.2) is 11.6 Å². The molecule has 2 aromatic rings. The molecule has 0 aliphatic rings. The largest absolute Gasteiger partial charge is 0.459 e. The molecule has 0 aromatic carbocycles. The lowest BCUT2D eigenvalue weighted by molar-refractivity contribution is -0.142. The zero-order valence-electron chi connectivity index (χ0n) is 7.98. The van der Waals surface area contributed by atoms with Crippen molar-refractivity contribution in [2.75, 3.05) is 0 Å². The van der Waals surface area contributed by atoms with E-state index in [0.717, 1.165) is 16.3 Å². The number of nitrogens with zero attached hydrogens (tertiary/aromatic N) is 2. The molecule has 2 aromatic heterocycles. The number of thiazole rings is 1. The van der Waals surface area contributed by atoms with Gasteiger partial charge in [0, 0.05) is 18.5 Å². The molecule has 0 fully saturated rings. The second-order valence-corrected chi connectivity index (χ2v) is 3.85. The molecule has 0 N–H and O–H groups in total. The zero-order valence-corrected chi connectivity index (χ0v) is 8.80. The monoisotopic (exact) mass is 210 g/mol. The molecule has 5 heteroatoms. The molecule has 0 unspecified atom stereocenters. The van der Waals surface area contributed by atoms with Gasteiger partial charge >= 0.3 is 5.97 Å². The van der Waals surface area contributed by atoms with Crippen LogP contribution in [0.5, 0.6) is 0 Å². The number of carbonyl (C=O) groups is 1. The highest BCUT2D eigenvalue weighted by Crippen LogP contribution is 2.17. The van der Waals surface area contributed by atoms with E-state index in [1.165, 1.54) is 6.92 Å². The molecule has 0 spiro atoms. The first kappa shape index (κ1) is 9.21. The first-order valence-electron chi connectivity index (χ1n) is 4.23. The van der Waals surface area contributed by atoms with Crippen LogP contribution in [-0.4, -0.2) is 15.4 Å². The lowest BCUT2D eigenvalue weighted by Gasteiger charge is -2.01. The Morgan fingerprint density at radius 2 is 2.50 bits per heavy atom. The van der Waals surface area contributed by atoms with E-state index in [4.69, 9.17) is 4.74 Å². The normalized spacial score (nSPS) is 10.7. The molecule has 0 bridgehead atoms. The molecule has 4 nitrogen and oxygen atoms in total. The summed E-state index contributed by atoms with van der Waals surface area (Å²) < 4.78 is 6.90. The summed E-state index contributed by atoms with van der Waals surface area (Å²) in [6, 6.07) is 0. The van der Waals surface area contributed by atoms with E-state index in [1.807, 2.05) is 22.9 Å². The van der Waals surface area contributed by atoms with Gasteiger partial charge in [-0.05, 0) is 6.92 Å². The molecule has 2 rings (SSSR count). The molecule has 0 saturated carbocycles. The van der Waals surface area contributed by atoms with Crippen LogP contribution >= 0.6 is 11.3 Å². The van der Waals surface area contributed by atoms with Crippen molar-refractivity contribution in [1.29, 1.82) is 0 Å². The van der Waals surface area contributed by atoms with Gasteiger partial charge in [-0.25, -0.2) is 4.98 Å². The third-order valence-corrected chi connectivity index (χ3v) is 2.73. The Bertz CT molecular complexity index is 472. The van der Waals surface area contributed by atoms with Crippen molar-refractivity contribution in [2.24, 2.45) is 0 Å². The SMILES string of the molecule is CC(=O)OCc1c(C)nc2sccn12. The highest BCUT2D eigenvalue weighted by Gasteiger charge is 2.10. The van der Waals surface area contributed by atoms with Crippen LogP contribution in [0.4, 0.5) is 0 Å². The fourth-order valence-electron chi connectivity index (χ4n) is 1.28. The van der Waals surface area contributed by atoms with Gasteiger partial charge in [-0.1, -0.05) is 0 Å². The summed E-state index contributed by atoms with van der Waals surface area (Å²) >= 11 is 1.57. The van der Waals surface area contributed by atoms with E-state index in [0.29, 0.717) is 6.61 Å². The van der Waals surface area contributed by atoms with Gasteiger partial charge in [-0.15, -0.1) is 11.3 Å². The fourth-order valence-corrected chi connectivity index (χ4v) is 2.06. The summed E-state index contributed by atoms with van der Waals surface area (Å²) in [4.78, 5) is 16.0. The van der Waals surface area contributed by atoms with Crippen molar-refractivity contribution in [3.63, 3.8) is 0 Å². The molecule has 0 radical (unpaired) electrons. The van der Waals surface area contributed by atoms with Crippen molar-refractivity contribution in [1.82, 2.24) is 9.38 Å². The molecule has 0 aliphatic carbocycles. The Morgan fingerprint density at radius 3 is 3.21 bits per heavy atom. The Kier molecular flexibility index (Phi) is 2.25. The van der Waals surface area contributed by atoms with Gasteiger partial charge in [0.05, 0.1) is 11.4 Å². The second-order valence-electron chi connectivity index (χ2n) is 2.98. The number of esters is 1. The van der Waals surface area contributed by atoms with Gasteiger partial charge in [0.2, 0.25) is 0 Å². The molecule has 0 saturated heterocycles. The Hall–Kier alpha value is -1.36. The van der Waals surface area contributed by atoms with E-state index in [9.17, 15) is 4.79 Å². The number of aryl methyl sites for hydroxylation is 1. The van der Waals surface area contributed by atoms with Crippen LogP contribution in [0.1, 0.15) is 18.3 Å². The number of aromatic nitrogens is 2. The molecule has 14 heavy (non-hydrogen) atoms. The van der Waals surface area contributed by atoms with Gasteiger partial charge in [0.25, 0.3) is 0 Å². The van der Waals surface area contributed by atoms with E-state index in [-0.39, 0.29) is 5.97 Å². The van der Waals surface area contributed by atoms with Crippen LogP contribution in [0, 0.1) is 6.92 Å². The molecule has 2 heterocycles. The van der Waals surface area contributed by atoms with E-state index in [2.05, 4.69) is 4.98 Å². The summed E-state index contributed by atoms with van der Waals surface area (Å²) in [6.45, 7) is 3.61. The maximum absolute atomic E-state index is 10.7. The van der Waals surface area contributed by atoms with Crippen LogP contribution < -0.4 is 0 Å². The molecular formula is C9H10N2O2S. The second kappa shape index (κ2) is 3.42. The van der Waals surface area contributed by atoms with Crippen molar-refractivity contribution in [3.05, 3.63) is 23.0 Å². The Labute approximate surface area is 85.1 Å². The summed E-state index contributed by atoms with van der Waals surface area (Å²) in [5, 5.41) is 1.96. The van der Waals surface area contributed by atoms with E-state index >= 15 is 0 Å². The number of hydrogen-bond donors (Lipinski definition) is 0.